The van der Waals surface area contributed by atoms with Crippen molar-refractivity contribution in [3.05, 3.63) is 39.7 Å². The average molecular weight is 291 g/mol. The highest BCUT2D eigenvalue weighted by molar-refractivity contribution is 5.84. The van der Waals surface area contributed by atoms with Crippen molar-refractivity contribution in [2.75, 3.05) is 11.3 Å². The molecule has 0 radical (unpaired) electrons. The van der Waals surface area contributed by atoms with Crippen LogP contribution in [0.25, 0.3) is 0 Å². The molecule has 0 saturated heterocycles. The van der Waals surface area contributed by atoms with Crippen LogP contribution >= 0.6 is 0 Å². The Kier molecular flexibility index (Phi) is 3.97. The average Bonchev–Trinajstić information content (AvgIpc) is 2.81. The lowest BCUT2D eigenvalue weighted by molar-refractivity contribution is -0.384. The van der Waals surface area contributed by atoms with Crippen molar-refractivity contribution in [3.8, 4) is 5.75 Å². The Morgan fingerprint density at radius 3 is 2.95 bits per heavy atom. The molecule has 2 aromatic rings. The third-order valence-electron chi connectivity index (χ3n) is 2.67. The van der Waals surface area contributed by atoms with Gasteiger partial charge in [-0.3, -0.25) is 10.1 Å². The van der Waals surface area contributed by atoms with Gasteiger partial charge in [-0.2, -0.15) is 5.10 Å². The number of nitro benzene ring substituents is 1. The van der Waals surface area contributed by atoms with Crippen LogP contribution in [0.2, 0.25) is 0 Å². The van der Waals surface area contributed by atoms with E-state index in [4.69, 9.17) is 5.84 Å². The molecule has 0 unspecified atom stereocenters. The molecule has 1 heterocycles. The molecule has 0 spiro atoms. The highest BCUT2D eigenvalue weighted by Crippen LogP contribution is 2.21. The van der Waals surface area contributed by atoms with Crippen molar-refractivity contribution in [1.29, 1.82) is 0 Å². The van der Waals surface area contributed by atoms with E-state index >= 15 is 0 Å². The molecule has 0 atom stereocenters. The van der Waals surface area contributed by atoms with E-state index in [0.29, 0.717) is 12.2 Å². The summed E-state index contributed by atoms with van der Waals surface area (Å²) < 4.78 is 1.24. The second-order valence-electron chi connectivity index (χ2n) is 4.03. The van der Waals surface area contributed by atoms with Crippen LogP contribution in [0.15, 0.2) is 23.3 Å². The van der Waals surface area contributed by atoms with Gasteiger partial charge >= 0.3 is 0 Å². The smallest absolute Gasteiger partial charge is 0.270 e. The van der Waals surface area contributed by atoms with Crippen molar-refractivity contribution in [2.45, 2.75) is 13.3 Å². The number of phenolic OH excluding ortho intramolecular Hbond substituents is 1. The first-order valence-corrected chi connectivity index (χ1v) is 5.98. The Morgan fingerprint density at radius 1 is 1.57 bits per heavy atom. The van der Waals surface area contributed by atoms with Crippen LogP contribution in [0.3, 0.4) is 0 Å². The first kappa shape index (κ1) is 14.2. The van der Waals surface area contributed by atoms with Crippen molar-refractivity contribution < 1.29 is 10.0 Å². The molecule has 1 aromatic carbocycles. The molecule has 0 saturated carbocycles. The molecule has 0 aliphatic heterocycles. The van der Waals surface area contributed by atoms with E-state index in [0.717, 1.165) is 0 Å². The fourth-order valence-electron chi connectivity index (χ4n) is 1.56. The zero-order valence-electron chi connectivity index (χ0n) is 11.1. The number of rotatable bonds is 5. The number of non-ortho nitro benzene ring substituents is 1. The monoisotopic (exact) mass is 291 g/mol. The summed E-state index contributed by atoms with van der Waals surface area (Å²) in [7, 11) is 0. The lowest BCUT2D eigenvalue weighted by Crippen LogP contribution is -2.14. The van der Waals surface area contributed by atoms with Gasteiger partial charge in [0.25, 0.3) is 11.6 Å². The topological polar surface area (TPSA) is 144 Å². The minimum Gasteiger partial charge on any atom is -0.507 e. The van der Waals surface area contributed by atoms with E-state index in [1.807, 2.05) is 6.92 Å². The van der Waals surface area contributed by atoms with Crippen LogP contribution in [0.1, 0.15) is 18.3 Å². The number of aromatic hydroxyl groups is 1. The molecule has 4 N–H and O–H groups in total. The second kappa shape index (κ2) is 5.86. The quantitative estimate of drug-likeness (QED) is 0.317. The van der Waals surface area contributed by atoms with Gasteiger partial charge < -0.3 is 10.9 Å². The highest BCUT2D eigenvalue weighted by Gasteiger charge is 2.09. The number of hydrogen-bond acceptors (Lipinski definition) is 8. The molecular formula is C11H13N7O3. The summed E-state index contributed by atoms with van der Waals surface area (Å²) in [5, 5.41) is 31.7. The van der Waals surface area contributed by atoms with Gasteiger partial charge in [0, 0.05) is 24.1 Å². The minimum atomic E-state index is -0.561. The van der Waals surface area contributed by atoms with Crippen LogP contribution in [0.5, 0.6) is 5.75 Å². The first-order chi connectivity index (χ1) is 10.0. The van der Waals surface area contributed by atoms with Crippen LogP contribution in [0, 0.1) is 10.1 Å². The Hall–Kier alpha value is -3.17. The fraction of sp³-hybridized carbons (Fsp3) is 0.182. The number of hydrazone groups is 1. The molecule has 0 fully saturated rings. The van der Waals surface area contributed by atoms with Crippen molar-refractivity contribution in [3.63, 3.8) is 0 Å². The largest absolute Gasteiger partial charge is 0.507 e. The van der Waals surface area contributed by atoms with E-state index in [-0.39, 0.29) is 22.9 Å². The molecule has 10 nitrogen and oxygen atoms in total. The van der Waals surface area contributed by atoms with Gasteiger partial charge in [-0.1, -0.05) is 6.92 Å². The molecule has 2 rings (SSSR count). The van der Waals surface area contributed by atoms with Gasteiger partial charge in [0.2, 0.25) is 0 Å². The third kappa shape index (κ3) is 3.05. The number of nitrogens with zero attached hydrogens (tertiary/aromatic N) is 5. The molecule has 0 aliphatic rings. The minimum absolute atomic E-state index is 0.130. The first-order valence-electron chi connectivity index (χ1n) is 5.98. The number of nitrogens with two attached hydrogens (primary N) is 1. The summed E-state index contributed by atoms with van der Waals surface area (Å²) in [4.78, 5) is 10.1. The molecule has 110 valence electrons. The molecule has 0 amide bonds. The fourth-order valence-corrected chi connectivity index (χ4v) is 1.56. The van der Waals surface area contributed by atoms with Crippen LogP contribution in [0.4, 0.5) is 11.6 Å². The molecule has 21 heavy (non-hydrogen) atoms. The number of benzene rings is 1. The predicted molar refractivity (Wildman–Crippen MR) is 75.5 cm³/mol. The van der Waals surface area contributed by atoms with E-state index < -0.39 is 4.92 Å². The van der Waals surface area contributed by atoms with Crippen molar-refractivity contribution in [1.82, 2.24) is 14.9 Å². The Bertz CT molecular complexity index is 695. The van der Waals surface area contributed by atoms with Crippen LogP contribution < -0.4 is 11.3 Å². The number of hydrogen-bond donors (Lipinski definition) is 3. The third-order valence-corrected chi connectivity index (χ3v) is 2.67. The number of anilines is 1. The summed E-state index contributed by atoms with van der Waals surface area (Å²) in [5.74, 6) is 6.36. The summed E-state index contributed by atoms with van der Waals surface area (Å²) in [6.07, 6.45) is 1.84. The molecule has 10 heteroatoms. The summed E-state index contributed by atoms with van der Waals surface area (Å²) >= 11 is 0. The second-order valence-corrected chi connectivity index (χ2v) is 4.03. The van der Waals surface area contributed by atoms with Crippen molar-refractivity contribution >= 4 is 17.9 Å². The van der Waals surface area contributed by atoms with Gasteiger partial charge in [0.15, 0.2) is 5.82 Å². The number of aromatic nitrogens is 3. The van der Waals surface area contributed by atoms with E-state index in [1.54, 1.807) is 0 Å². The van der Waals surface area contributed by atoms with Gasteiger partial charge in [-0.25, -0.2) is 10.1 Å². The van der Waals surface area contributed by atoms with Crippen LogP contribution in [-0.4, -0.2) is 31.1 Å². The number of nitrogen functional groups attached to an aromatic ring is 1. The number of aryl methyl sites for hydroxylation is 1. The summed E-state index contributed by atoms with van der Waals surface area (Å²) in [5.41, 5.74) is 2.59. The zero-order chi connectivity index (χ0) is 15.4. The molecule has 1 aromatic heterocycles. The Labute approximate surface area is 119 Å². The van der Waals surface area contributed by atoms with E-state index in [9.17, 15) is 15.2 Å². The summed E-state index contributed by atoms with van der Waals surface area (Å²) in [6.45, 7) is 1.88. The summed E-state index contributed by atoms with van der Waals surface area (Å²) in [6, 6.07) is 3.62. The van der Waals surface area contributed by atoms with E-state index in [2.05, 4.69) is 20.7 Å². The number of nitro groups is 1. The van der Waals surface area contributed by atoms with Gasteiger partial charge in [-0.15, -0.1) is 10.2 Å². The van der Waals surface area contributed by atoms with Crippen molar-refractivity contribution in [2.24, 2.45) is 5.10 Å². The van der Waals surface area contributed by atoms with Gasteiger partial charge in [0.05, 0.1) is 11.1 Å². The lowest BCUT2D eigenvalue weighted by Gasteiger charge is -2.01. The zero-order valence-corrected chi connectivity index (χ0v) is 11.1. The number of nitrogens with one attached hydrogen (secondary N) is 1. The lowest BCUT2D eigenvalue weighted by atomic mass is 10.2. The highest BCUT2D eigenvalue weighted by atomic mass is 16.6. The molecular weight excluding hydrogens is 278 g/mol. The Morgan fingerprint density at radius 2 is 2.33 bits per heavy atom. The standard InChI is InChI=1S/C11H13N7O3/c1-2-10-14-16-11(17(10)12)15-13-6-7-5-8(18(20)21)3-4-9(7)19/h3-6,19H,2,12H2,1H3,(H,15,16)/b13-6-. The normalized spacial score (nSPS) is 10.9. The van der Waals surface area contributed by atoms with E-state index in [1.165, 1.54) is 29.1 Å². The maximum Gasteiger partial charge on any atom is 0.270 e. The van der Waals surface area contributed by atoms with Gasteiger partial charge in [-0.05, 0) is 6.07 Å². The number of phenols is 1. The van der Waals surface area contributed by atoms with Gasteiger partial charge in [0.1, 0.15) is 5.75 Å². The predicted octanol–water partition coefficient (Wildman–Crippen LogP) is 0.614. The maximum atomic E-state index is 10.7. The Balaban J connectivity index is 2.16. The maximum absolute atomic E-state index is 10.7. The molecule has 0 bridgehead atoms. The van der Waals surface area contributed by atoms with Crippen LogP contribution in [-0.2, 0) is 6.42 Å². The molecule has 0 aliphatic carbocycles. The SMILES string of the molecule is CCc1nnc(N/N=C\c2cc([N+](=O)[O-])ccc2O)n1N.